The molecular formula is C27H30FN3O. The van der Waals surface area contributed by atoms with Gasteiger partial charge in [-0.05, 0) is 54.8 Å². The van der Waals surface area contributed by atoms with Crippen LogP contribution in [0.15, 0.2) is 73.1 Å². The molecule has 3 aromatic rings. The molecule has 5 rings (SSSR count). The van der Waals surface area contributed by atoms with E-state index in [4.69, 9.17) is 0 Å². The van der Waals surface area contributed by atoms with Gasteiger partial charge in [-0.1, -0.05) is 48.5 Å². The number of fused-ring (bicyclic) bond motifs is 1. The molecule has 0 bridgehead atoms. The normalized spacial score (nSPS) is 24.2. The van der Waals surface area contributed by atoms with Crippen LogP contribution in [-0.4, -0.2) is 58.2 Å². The van der Waals surface area contributed by atoms with E-state index in [9.17, 15) is 9.50 Å². The highest BCUT2D eigenvalue weighted by Gasteiger charge is 2.49. The number of rotatable bonds is 5. The molecule has 32 heavy (non-hydrogen) atoms. The first-order valence-corrected chi connectivity index (χ1v) is 11.6. The summed E-state index contributed by atoms with van der Waals surface area (Å²) in [5.41, 5.74) is 3.98. The van der Waals surface area contributed by atoms with E-state index in [0.717, 1.165) is 38.2 Å². The van der Waals surface area contributed by atoms with Crippen molar-refractivity contribution in [2.45, 2.75) is 37.4 Å². The zero-order valence-corrected chi connectivity index (χ0v) is 18.3. The summed E-state index contributed by atoms with van der Waals surface area (Å²) in [7, 11) is 0. The molecular weight excluding hydrogens is 401 g/mol. The Balaban J connectivity index is 1.37. The molecule has 3 heterocycles. The number of aromatic nitrogens is 1. The van der Waals surface area contributed by atoms with Crippen molar-refractivity contribution >= 4 is 0 Å². The number of aliphatic hydroxyl groups excluding tert-OH is 1. The summed E-state index contributed by atoms with van der Waals surface area (Å²) >= 11 is 0. The second-order valence-corrected chi connectivity index (χ2v) is 8.99. The van der Waals surface area contributed by atoms with Crippen LogP contribution in [-0.2, 0) is 6.54 Å². The third-order valence-electron chi connectivity index (χ3n) is 7.06. The summed E-state index contributed by atoms with van der Waals surface area (Å²) in [4.78, 5) is 9.29. The van der Waals surface area contributed by atoms with E-state index >= 15 is 0 Å². The molecule has 0 saturated carbocycles. The molecule has 0 amide bonds. The largest absolute Gasteiger partial charge is 0.395 e. The van der Waals surface area contributed by atoms with Crippen molar-refractivity contribution < 1.29 is 9.50 Å². The topological polar surface area (TPSA) is 39.6 Å². The quantitative estimate of drug-likeness (QED) is 0.653. The zero-order valence-electron chi connectivity index (χ0n) is 18.3. The van der Waals surface area contributed by atoms with E-state index < -0.39 is 0 Å². The molecule has 2 fully saturated rings. The predicted octanol–water partition coefficient (Wildman–Crippen LogP) is 4.31. The van der Waals surface area contributed by atoms with Crippen LogP contribution >= 0.6 is 0 Å². The van der Waals surface area contributed by atoms with Crippen LogP contribution < -0.4 is 0 Å². The highest BCUT2D eigenvalue weighted by Crippen LogP contribution is 2.42. The van der Waals surface area contributed by atoms with Gasteiger partial charge in [-0.25, -0.2) is 4.39 Å². The second-order valence-electron chi connectivity index (χ2n) is 8.99. The van der Waals surface area contributed by atoms with Crippen LogP contribution in [0, 0.1) is 5.82 Å². The molecule has 4 nitrogen and oxygen atoms in total. The molecule has 0 spiro atoms. The molecule has 0 unspecified atom stereocenters. The fraction of sp³-hybridized carbons (Fsp3) is 0.370. The Morgan fingerprint density at radius 1 is 0.969 bits per heavy atom. The molecule has 166 valence electrons. The SMILES string of the molecule is OC[C@H]1[C@H](c2ccc(-c3ccccc3F)cc2)[C@@H]2CN(Cc3cccnc3)CCCCN12. The van der Waals surface area contributed by atoms with Gasteiger partial charge in [-0.2, -0.15) is 0 Å². The molecule has 1 aromatic heterocycles. The van der Waals surface area contributed by atoms with Crippen molar-refractivity contribution in [2.75, 3.05) is 26.2 Å². The lowest BCUT2D eigenvalue weighted by Crippen LogP contribution is -2.67. The zero-order chi connectivity index (χ0) is 21.9. The number of halogens is 1. The minimum atomic E-state index is -0.200. The molecule has 1 N–H and O–H groups in total. The molecule has 2 aromatic carbocycles. The lowest BCUT2D eigenvalue weighted by Gasteiger charge is -2.57. The van der Waals surface area contributed by atoms with E-state index in [1.165, 1.54) is 23.6 Å². The Bertz CT molecular complexity index is 1030. The Kier molecular flexibility index (Phi) is 6.30. The minimum absolute atomic E-state index is 0.151. The number of benzene rings is 2. The number of pyridine rings is 1. The molecule has 2 aliphatic heterocycles. The number of hydrogen-bond acceptors (Lipinski definition) is 4. The first-order chi connectivity index (χ1) is 15.7. The van der Waals surface area contributed by atoms with Crippen LogP contribution in [0.25, 0.3) is 11.1 Å². The van der Waals surface area contributed by atoms with Crippen LogP contribution in [0.2, 0.25) is 0 Å². The van der Waals surface area contributed by atoms with Crippen LogP contribution in [0.4, 0.5) is 4.39 Å². The summed E-state index contributed by atoms with van der Waals surface area (Å²) in [5, 5.41) is 10.2. The van der Waals surface area contributed by atoms with Crippen molar-refractivity contribution in [3.63, 3.8) is 0 Å². The summed E-state index contributed by atoms with van der Waals surface area (Å²) in [6, 6.07) is 19.8. The number of hydrogen-bond donors (Lipinski definition) is 1. The maximum atomic E-state index is 14.2. The fourth-order valence-electron chi connectivity index (χ4n) is 5.49. The monoisotopic (exact) mass is 431 g/mol. The van der Waals surface area contributed by atoms with Crippen molar-refractivity contribution in [2.24, 2.45) is 0 Å². The lowest BCUT2D eigenvalue weighted by molar-refractivity contribution is -0.0655. The van der Waals surface area contributed by atoms with Crippen LogP contribution in [0.1, 0.15) is 29.9 Å². The Morgan fingerprint density at radius 3 is 2.53 bits per heavy atom. The Labute approximate surface area is 189 Å². The van der Waals surface area contributed by atoms with Gasteiger partial charge in [0, 0.05) is 49.0 Å². The van der Waals surface area contributed by atoms with E-state index in [0.29, 0.717) is 11.6 Å². The average Bonchev–Trinajstić information content (AvgIpc) is 2.81. The first kappa shape index (κ1) is 21.3. The minimum Gasteiger partial charge on any atom is -0.395 e. The third kappa shape index (κ3) is 4.20. The van der Waals surface area contributed by atoms with E-state index in [-0.39, 0.29) is 24.4 Å². The average molecular weight is 432 g/mol. The summed E-state index contributed by atoms with van der Waals surface area (Å²) in [6.07, 6.45) is 6.09. The molecule has 0 radical (unpaired) electrons. The Hall–Kier alpha value is -2.60. The van der Waals surface area contributed by atoms with Crippen molar-refractivity contribution in [3.05, 3.63) is 90.0 Å². The van der Waals surface area contributed by atoms with Crippen LogP contribution in [0.3, 0.4) is 0 Å². The van der Waals surface area contributed by atoms with E-state index in [2.05, 4.69) is 33.0 Å². The lowest BCUT2D eigenvalue weighted by atomic mass is 9.74. The van der Waals surface area contributed by atoms with Gasteiger partial charge in [0.25, 0.3) is 0 Å². The van der Waals surface area contributed by atoms with Crippen molar-refractivity contribution in [1.29, 1.82) is 0 Å². The molecule has 2 aliphatic rings. The standard InChI is InChI=1S/C27H30FN3O/c28-24-8-2-1-7-23(24)21-9-11-22(12-10-21)27-25-18-30(17-20-6-5-13-29-16-20)14-3-4-15-31(25)26(27)19-32/h1-2,5-13,16,25-27,32H,3-4,14-15,17-19H2/t25-,26-,27+/m0/s1. The van der Waals surface area contributed by atoms with E-state index in [1.54, 1.807) is 6.07 Å². The summed E-state index contributed by atoms with van der Waals surface area (Å²) in [5.74, 6) is 0.0820. The van der Waals surface area contributed by atoms with Gasteiger partial charge < -0.3 is 5.11 Å². The fourth-order valence-corrected chi connectivity index (χ4v) is 5.49. The van der Waals surface area contributed by atoms with Gasteiger partial charge in [0.05, 0.1) is 6.61 Å². The smallest absolute Gasteiger partial charge is 0.131 e. The van der Waals surface area contributed by atoms with Crippen LogP contribution in [0.5, 0.6) is 0 Å². The maximum Gasteiger partial charge on any atom is 0.131 e. The molecule has 2 saturated heterocycles. The van der Waals surface area contributed by atoms with Gasteiger partial charge in [-0.15, -0.1) is 0 Å². The van der Waals surface area contributed by atoms with Gasteiger partial charge in [0.1, 0.15) is 5.82 Å². The first-order valence-electron chi connectivity index (χ1n) is 11.6. The summed E-state index contributed by atoms with van der Waals surface area (Å²) < 4.78 is 14.2. The summed E-state index contributed by atoms with van der Waals surface area (Å²) in [6.45, 7) is 4.17. The van der Waals surface area contributed by atoms with E-state index in [1.807, 2.05) is 42.7 Å². The molecule has 0 aliphatic carbocycles. The van der Waals surface area contributed by atoms with Gasteiger partial charge >= 0.3 is 0 Å². The highest BCUT2D eigenvalue weighted by atomic mass is 19.1. The number of aliphatic hydroxyl groups is 1. The Morgan fingerprint density at radius 2 is 1.78 bits per heavy atom. The highest BCUT2D eigenvalue weighted by molar-refractivity contribution is 5.64. The molecule has 3 atom stereocenters. The van der Waals surface area contributed by atoms with Gasteiger partial charge in [-0.3, -0.25) is 14.8 Å². The van der Waals surface area contributed by atoms with Gasteiger partial charge in [0.2, 0.25) is 0 Å². The van der Waals surface area contributed by atoms with Gasteiger partial charge in [0.15, 0.2) is 0 Å². The second kappa shape index (κ2) is 9.49. The maximum absolute atomic E-state index is 14.2. The van der Waals surface area contributed by atoms with Crippen molar-refractivity contribution in [3.8, 4) is 11.1 Å². The third-order valence-corrected chi connectivity index (χ3v) is 7.06. The van der Waals surface area contributed by atoms with Crippen molar-refractivity contribution in [1.82, 2.24) is 14.8 Å². The number of nitrogens with zero attached hydrogens (tertiary/aromatic N) is 3. The predicted molar refractivity (Wildman–Crippen MR) is 125 cm³/mol. The molecule has 5 heteroatoms.